The van der Waals surface area contributed by atoms with Gasteiger partial charge in [-0.3, -0.25) is 0 Å². The number of aromatic nitrogens is 2. The highest BCUT2D eigenvalue weighted by Gasteiger charge is 2.17. The lowest BCUT2D eigenvalue weighted by Gasteiger charge is -2.12. The minimum absolute atomic E-state index is 0.257. The second-order valence-electron chi connectivity index (χ2n) is 4.14. The van der Waals surface area contributed by atoms with Gasteiger partial charge in [0, 0.05) is 12.4 Å². The van der Waals surface area contributed by atoms with Crippen molar-refractivity contribution in [1.82, 2.24) is 9.38 Å². The quantitative estimate of drug-likeness (QED) is 0.716. The summed E-state index contributed by atoms with van der Waals surface area (Å²) in [6.07, 6.45) is 4.76. The molecule has 0 fully saturated rings. The molecule has 0 aliphatic carbocycles. The zero-order valence-electron chi connectivity index (χ0n) is 10.5. The van der Waals surface area contributed by atoms with E-state index in [0.717, 1.165) is 5.56 Å². The van der Waals surface area contributed by atoms with Crippen molar-refractivity contribution in [2.75, 3.05) is 6.61 Å². The maximum atomic E-state index is 14.2. The molecule has 0 saturated carbocycles. The largest absolute Gasteiger partial charge is 0.490 e. The Bertz CT molecular complexity index is 707. The number of ether oxygens (including phenoxy) is 1. The second-order valence-corrected chi connectivity index (χ2v) is 4.14. The standard InChI is InChI=1S/C15H13FN2O/c1-2-19-14-12(16)10-18-9-8-17-15(18)13(14)11-6-4-3-5-7-11/h3-10H,2H2,1H3. The van der Waals surface area contributed by atoms with Crippen molar-refractivity contribution in [3.05, 3.63) is 54.7 Å². The van der Waals surface area contributed by atoms with E-state index in [4.69, 9.17) is 4.74 Å². The first-order valence-corrected chi connectivity index (χ1v) is 6.14. The Labute approximate surface area is 110 Å². The van der Waals surface area contributed by atoms with E-state index in [1.165, 1.54) is 6.20 Å². The van der Waals surface area contributed by atoms with Crippen LogP contribution in [0, 0.1) is 5.82 Å². The third kappa shape index (κ3) is 1.95. The van der Waals surface area contributed by atoms with Crippen molar-refractivity contribution in [1.29, 1.82) is 0 Å². The fourth-order valence-corrected chi connectivity index (χ4v) is 2.16. The Morgan fingerprint density at radius 2 is 2.05 bits per heavy atom. The monoisotopic (exact) mass is 256 g/mol. The van der Waals surface area contributed by atoms with Crippen LogP contribution >= 0.6 is 0 Å². The van der Waals surface area contributed by atoms with Crippen LogP contribution in [0.5, 0.6) is 5.75 Å². The Hall–Kier alpha value is -2.36. The van der Waals surface area contributed by atoms with E-state index in [-0.39, 0.29) is 11.6 Å². The van der Waals surface area contributed by atoms with Crippen LogP contribution in [0.4, 0.5) is 4.39 Å². The normalized spacial score (nSPS) is 10.8. The fraction of sp³-hybridized carbons (Fsp3) is 0.133. The van der Waals surface area contributed by atoms with Gasteiger partial charge in [0.1, 0.15) is 5.65 Å². The Morgan fingerprint density at radius 1 is 1.26 bits per heavy atom. The molecule has 0 atom stereocenters. The molecule has 0 bridgehead atoms. The summed E-state index contributed by atoms with van der Waals surface area (Å²) in [6, 6.07) is 9.59. The number of rotatable bonds is 3. The van der Waals surface area contributed by atoms with Crippen molar-refractivity contribution >= 4 is 5.65 Å². The van der Waals surface area contributed by atoms with Crippen LogP contribution in [0.2, 0.25) is 0 Å². The summed E-state index contributed by atoms with van der Waals surface area (Å²) >= 11 is 0. The molecular formula is C15H13FN2O. The number of fused-ring (bicyclic) bond motifs is 1. The van der Waals surface area contributed by atoms with Crippen LogP contribution in [-0.2, 0) is 0 Å². The molecule has 0 N–H and O–H groups in total. The SMILES string of the molecule is CCOc1c(F)cn2ccnc2c1-c1ccccc1. The molecule has 2 aromatic heterocycles. The number of halogens is 1. The van der Waals surface area contributed by atoms with Crippen LogP contribution in [0.15, 0.2) is 48.9 Å². The first-order chi connectivity index (χ1) is 9.31. The van der Waals surface area contributed by atoms with Gasteiger partial charge in [-0.05, 0) is 12.5 Å². The predicted molar refractivity (Wildman–Crippen MR) is 71.8 cm³/mol. The maximum absolute atomic E-state index is 14.2. The molecule has 0 radical (unpaired) electrons. The third-order valence-electron chi connectivity index (χ3n) is 2.94. The molecule has 0 unspecified atom stereocenters. The maximum Gasteiger partial charge on any atom is 0.182 e. The third-order valence-corrected chi connectivity index (χ3v) is 2.94. The van der Waals surface area contributed by atoms with Crippen molar-refractivity contribution in [2.45, 2.75) is 6.92 Å². The van der Waals surface area contributed by atoms with E-state index in [2.05, 4.69) is 4.98 Å². The molecule has 3 aromatic rings. The molecule has 4 heteroatoms. The van der Waals surface area contributed by atoms with Crippen LogP contribution in [-0.4, -0.2) is 16.0 Å². The fourth-order valence-electron chi connectivity index (χ4n) is 2.16. The highest BCUT2D eigenvalue weighted by Crippen LogP contribution is 2.35. The van der Waals surface area contributed by atoms with Gasteiger partial charge >= 0.3 is 0 Å². The number of pyridine rings is 1. The average Bonchev–Trinajstić information content (AvgIpc) is 2.88. The zero-order chi connectivity index (χ0) is 13.2. The van der Waals surface area contributed by atoms with Crippen LogP contribution < -0.4 is 4.74 Å². The van der Waals surface area contributed by atoms with Gasteiger partial charge in [0.15, 0.2) is 11.6 Å². The van der Waals surface area contributed by atoms with E-state index in [9.17, 15) is 4.39 Å². The summed E-state index contributed by atoms with van der Waals surface area (Å²) in [4.78, 5) is 4.30. The van der Waals surface area contributed by atoms with Gasteiger partial charge in [-0.1, -0.05) is 30.3 Å². The van der Waals surface area contributed by atoms with Crippen LogP contribution in [0.1, 0.15) is 6.92 Å². The lowest BCUT2D eigenvalue weighted by Crippen LogP contribution is -2.01. The molecule has 2 heterocycles. The summed E-state index contributed by atoms with van der Waals surface area (Å²) in [5.41, 5.74) is 2.27. The van der Waals surface area contributed by atoms with Crippen molar-refractivity contribution in [3.8, 4) is 16.9 Å². The van der Waals surface area contributed by atoms with Gasteiger partial charge in [0.25, 0.3) is 0 Å². The summed E-state index contributed by atoms with van der Waals surface area (Å²) in [6.45, 7) is 2.25. The van der Waals surface area contributed by atoms with Gasteiger partial charge in [-0.25, -0.2) is 9.37 Å². The smallest absolute Gasteiger partial charge is 0.182 e. The number of benzene rings is 1. The number of imidazole rings is 1. The van der Waals surface area contributed by atoms with E-state index in [1.807, 2.05) is 37.3 Å². The van der Waals surface area contributed by atoms with Crippen LogP contribution in [0.3, 0.4) is 0 Å². The Kier molecular flexibility index (Phi) is 2.91. The molecule has 3 nitrogen and oxygen atoms in total. The Morgan fingerprint density at radius 3 is 2.79 bits per heavy atom. The first-order valence-electron chi connectivity index (χ1n) is 6.14. The summed E-state index contributed by atoms with van der Waals surface area (Å²) in [5, 5.41) is 0. The average molecular weight is 256 g/mol. The van der Waals surface area contributed by atoms with Crippen molar-refractivity contribution < 1.29 is 9.13 Å². The van der Waals surface area contributed by atoms with E-state index < -0.39 is 0 Å². The molecule has 0 saturated heterocycles. The first kappa shape index (κ1) is 11.7. The zero-order valence-corrected chi connectivity index (χ0v) is 10.5. The molecule has 3 rings (SSSR count). The van der Waals surface area contributed by atoms with Gasteiger partial charge < -0.3 is 9.14 Å². The lowest BCUT2D eigenvalue weighted by atomic mass is 10.1. The van der Waals surface area contributed by atoms with Crippen LogP contribution in [0.25, 0.3) is 16.8 Å². The van der Waals surface area contributed by atoms with Gasteiger partial charge in [0.05, 0.1) is 18.4 Å². The number of hydrogen-bond acceptors (Lipinski definition) is 2. The highest BCUT2D eigenvalue weighted by molar-refractivity contribution is 5.83. The summed E-state index contributed by atoms with van der Waals surface area (Å²) < 4.78 is 21.3. The minimum atomic E-state index is -0.383. The van der Waals surface area contributed by atoms with Gasteiger partial charge in [-0.2, -0.15) is 0 Å². The van der Waals surface area contributed by atoms with Crippen molar-refractivity contribution in [3.63, 3.8) is 0 Å². The number of nitrogens with zero attached hydrogens (tertiary/aromatic N) is 2. The topological polar surface area (TPSA) is 26.5 Å². The molecule has 0 spiro atoms. The van der Waals surface area contributed by atoms with Gasteiger partial charge in [0.2, 0.25) is 0 Å². The van der Waals surface area contributed by atoms with E-state index in [0.29, 0.717) is 17.8 Å². The highest BCUT2D eigenvalue weighted by atomic mass is 19.1. The molecular weight excluding hydrogens is 243 g/mol. The van der Waals surface area contributed by atoms with Crippen molar-refractivity contribution in [2.24, 2.45) is 0 Å². The predicted octanol–water partition coefficient (Wildman–Crippen LogP) is 3.54. The molecule has 19 heavy (non-hydrogen) atoms. The van der Waals surface area contributed by atoms with E-state index in [1.54, 1.807) is 16.8 Å². The van der Waals surface area contributed by atoms with E-state index >= 15 is 0 Å². The minimum Gasteiger partial charge on any atom is -0.490 e. The number of hydrogen-bond donors (Lipinski definition) is 0. The molecule has 96 valence electrons. The second kappa shape index (κ2) is 4.72. The Balaban J connectivity index is 2.35. The summed E-state index contributed by atoms with van der Waals surface area (Å²) in [7, 11) is 0. The summed E-state index contributed by atoms with van der Waals surface area (Å²) in [5.74, 6) is -0.126. The molecule has 0 aliphatic heterocycles. The molecule has 0 aliphatic rings. The lowest BCUT2D eigenvalue weighted by molar-refractivity contribution is 0.322. The molecule has 0 amide bonds. The van der Waals surface area contributed by atoms with Gasteiger partial charge in [-0.15, -0.1) is 0 Å². The molecule has 1 aromatic carbocycles.